The molecule has 3 aromatic rings. The van der Waals surface area contributed by atoms with Crippen molar-refractivity contribution >= 4 is 46.3 Å². The van der Waals surface area contributed by atoms with Crippen LogP contribution in [0.2, 0.25) is 6.04 Å². The summed E-state index contributed by atoms with van der Waals surface area (Å²) in [5.74, 6) is 0.845. The lowest BCUT2D eigenvalue weighted by Gasteiger charge is -2.34. The summed E-state index contributed by atoms with van der Waals surface area (Å²) in [5.41, 5.74) is 1.52. The Hall–Kier alpha value is -1.16. The Labute approximate surface area is 224 Å². The number of hydrogen-bond donors (Lipinski definition) is 0. The lowest BCUT2D eigenvalue weighted by Crippen LogP contribution is -2.65. The van der Waals surface area contributed by atoms with Gasteiger partial charge in [-0.05, 0) is 71.9 Å². The van der Waals surface area contributed by atoms with Crippen molar-refractivity contribution in [1.82, 2.24) is 0 Å². The van der Waals surface area contributed by atoms with Gasteiger partial charge in [0.2, 0.25) is 0 Å². The number of benzene rings is 1. The van der Waals surface area contributed by atoms with E-state index >= 15 is 0 Å². The average Bonchev–Trinajstić information content (AvgIpc) is 3.50. The maximum absolute atomic E-state index is 2.60. The molecule has 1 aliphatic rings. The predicted molar refractivity (Wildman–Crippen MR) is 163 cm³/mol. The summed E-state index contributed by atoms with van der Waals surface area (Å²) in [7, 11) is -2.02. The molecule has 0 bridgehead atoms. The Balaban J connectivity index is 1.78. The Morgan fingerprint density at radius 2 is 1.26 bits per heavy atom. The molecule has 35 heavy (non-hydrogen) atoms. The zero-order valence-corrected chi connectivity index (χ0v) is 25.5. The first-order valence-corrected chi connectivity index (χ1v) is 18.2. The maximum Gasteiger partial charge on any atom is 0.152 e. The van der Waals surface area contributed by atoms with Crippen molar-refractivity contribution in [1.29, 1.82) is 0 Å². The lowest BCUT2D eigenvalue weighted by atomic mass is 9.97. The van der Waals surface area contributed by atoms with E-state index < -0.39 is 8.07 Å². The van der Waals surface area contributed by atoms with Crippen LogP contribution in [0.1, 0.15) is 100 Å². The van der Waals surface area contributed by atoms with Crippen molar-refractivity contribution < 1.29 is 0 Å². The molecule has 0 N–H and O–H groups in total. The Morgan fingerprint density at radius 1 is 0.686 bits per heavy atom. The van der Waals surface area contributed by atoms with Crippen molar-refractivity contribution in [2.45, 2.75) is 111 Å². The minimum Gasteiger partial charge on any atom is -0.140 e. The summed E-state index contributed by atoms with van der Waals surface area (Å²) in [6, 6.07) is 16.7. The molecule has 2 aromatic heterocycles. The monoisotopic (exact) mass is 522 g/mol. The molecular formula is C32H46S2Si. The van der Waals surface area contributed by atoms with Crippen molar-refractivity contribution in [3.8, 4) is 9.75 Å². The predicted octanol–water partition coefficient (Wildman–Crippen LogP) is 9.00. The van der Waals surface area contributed by atoms with Gasteiger partial charge in [-0.15, -0.1) is 22.7 Å². The molecule has 190 valence electrons. The number of hydrogen-bond acceptors (Lipinski definition) is 2. The van der Waals surface area contributed by atoms with E-state index in [0.29, 0.717) is 0 Å². The van der Waals surface area contributed by atoms with Crippen LogP contribution in [-0.2, 0) is 6.42 Å². The van der Waals surface area contributed by atoms with Gasteiger partial charge in [-0.25, -0.2) is 0 Å². The van der Waals surface area contributed by atoms with Crippen molar-refractivity contribution in [3.63, 3.8) is 0 Å². The fraction of sp³-hybridized carbons (Fsp3) is 0.562. The van der Waals surface area contributed by atoms with Gasteiger partial charge in [0.25, 0.3) is 0 Å². The molecule has 0 amide bonds. The normalized spacial score (nSPS) is 14.8. The van der Waals surface area contributed by atoms with Crippen LogP contribution in [0.15, 0.2) is 36.4 Å². The van der Waals surface area contributed by atoms with E-state index in [1.807, 2.05) is 0 Å². The van der Waals surface area contributed by atoms with Crippen LogP contribution in [0.25, 0.3) is 9.75 Å². The van der Waals surface area contributed by atoms with Gasteiger partial charge in [0.1, 0.15) is 0 Å². The third-order valence-electron chi connectivity index (χ3n) is 8.13. The lowest BCUT2D eigenvalue weighted by molar-refractivity contribution is 0.442. The molecular weight excluding hydrogens is 477 g/mol. The van der Waals surface area contributed by atoms with Gasteiger partial charge in [0, 0.05) is 19.5 Å². The van der Waals surface area contributed by atoms with Gasteiger partial charge >= 0.3 is 0 Å². The minimum absolute atomic E-state index is 0.845. The molecule has 0 aliphatic carbocycles. The molecule has 0 saturated carbocycles. The van der Waals surface area contributed by atoms with Gasteiger partial charge in [-0.3, -0.25) is 0 Å². The van der Waals surface area contributed by atoms with E-state index in [-0.39, 0.29) is 0 Å². The van der Waals surface area contributed by atoms with Gasteiger partial charge in [-0.1, -0.05) is 103 Å². The highest BCUT2D eigenvalue weighted by atomic mass is 32.1. The van der Waals surface area contributed by atoms with Gasteiger partial charge in [-0.2, -0.15) is 0 Å². The molecule has 3 heterocycles. The summed E-state index contributed by atoms with van der Waals surface area (Å²) in [4.78, 5) is 6.24. The zero-order valence-electron chi connectivity index (χ0n) is 22.8. The Morgan fingerprint density at radius 3 is 1.83 bits per heavy atom. The minimum atomic E-state index is -2.02. The SMILES string of the molecule is CCCCCCC(CCCC)C[Si]1(c2ccc(CCCC)cc2)c2cc(C)sc2-c2sc(C)cc21. The average molecular weight is 523 g/mol. The van der Waals surface area contributed by atoms with Crippen LogP contribution in [0.5, 0.6) is 0 Å². The summed E-state index contributed by atoms with van der Waals surface area (Å²) in [6.45, 7) is 11.7. The van der Waals surface area contributed by atoms with E-state index in [1.54, 1.807) is 25.3 Å². The largest absolute Gasteiger partial charge is 0.152 e. The van der Waals surface area contributed by atoms with Crippen molar-refractivity contribution in [2.75, 3.05) is 0 Å². The third kappa shape index (κ3) is 5.73. The van der Waals surface area contributed by atoms with Crippen LogP contribution < -0.4 is 15.6 Å². The first kappa shape index (κ1) is 26.9. The number of thiophene rings is 2. The molecule has 0 fully saturated rings. The maximum atomic E-state index is 2.60. The quantitative estimate of drug-likeness (QED) is 0.146. The first-order valence-electron chi connectivity index (χ1n) is 14.3. The number of fused-ring (bicyclic) bond motifs is 3. The highest BCUT2D eigenvalue weighted by Crippen LogP contribution is 2.42. The van der Waals surface area contributed by atoms with Crippen LogP contribution in [-0.4, -0.2) is 8.07 Å². The second-order valence-corrected chi connectivity index (χ2v) is 17.4. The zero-order chi connectivity index (χ0) is 24.8. The van der Waals surface area contributed by atoms with Crippen LogP contribution in [0, 0.1) is 19.8 Å². The molecule has 0 radical (unpaired) electrons. The molecule has 3 heteroatoms. The van der Waals surface area contributed by atoms with E-state index in [1.165, 1.54) is 92.0 Å². The van der Waals surface area contributed by atoms with Gasteiger partial charge in [0.15, 0.2) is 8.07 Å². The molecule has 1 aliphatic heterocycles. The van der Waals surface area contributed by atoms with E-state index in [2.05, 4.69) is 93.7 Å². The van der Waals surface area contributed by atoms with E-state index in [0.717, 1.165) is 5.92 Å². The van der Waals surface area contributed by atoms with Crippen molar-refractivity contribution in [3.05, 3.63) is 51.7 Å². The number of rotatable bonds is 14. The Kier molecular flexibility index (Phi) is 9.52. The van der Waals surface area contributed by atoms with E-state index in [9.17, 15) is 0 Å². The molecule has 4 rings (SSSR count). The second kappa shape index (κ2) is 12.4. The summed E-state index contributed by atoms with van der Waals surface area (Å²) < 4.78 is 0. The first-order chi connectivity index (χ1) is 17.0. The molecule has 1 atom stereocenters. The molecule has 0 saturated heterocycles. The topological polar surface area (TPSA) is 0 Å². The highest BCUT2D eigenvalue weighted by molar-refractivity contribution is 7.31. The summed E-state index contributed by atoms with van der Waals surface area (Å²) in [5, 5.41) is 5.17. The highest BCUT2D eigenvalue weighted by Gasteiger charge is 2.50. The van der Waals surface area contributed by atoms with Gasteiger partial charge < -0.3 is 0 Å². The molecule has 0 nitrogen and oxygen atoms in total. The second-order valence-electron chi connectivity index (χ2n) is 11.0. The summed E-state index contributed by atoms with van der Waals surface area (Å²) in [6.07, 6.45) is 14.8. The van der Waals surface area contributed by atoms with Crippen LogP contribution in [0.3, 0.4) is 0 Å². The number of aryl methyl sites for hydroxylation is 3. The molecule has 1 aromatic carbocycles. The van der Waals surface area contributed by atoms with Gasteiger partial charge in [0.05, 0.1) is 0 Å². The van der Waals surface area contributed by atoms with Crippen molar-refractivity contribution in [2.24, 2.45) is 5.92 Å². The van der Waals surface area contributed by atoms with E-state index in [4.69, 9.17) is 0 Å². The fourth-order valence-corrected chi connectivity index (χ4v) is 15.5. The summed E-state index contributed by atoms with van der Waals surface area (Å²) >= 11 is 4.12. The molecule has 1 unspecified atom stereocenters. The standard InChI is InChI=1S/C32H46S2Si/c1-6-9-12-13-16-27(15-11-8-3)23-35(28-19-17-26(18-20-28)14-10-7-2)29-21-24(4)33-31(29)32-30(35)22-25(5)34-32/h17-22,27H,6-16,23H2,1-5H3. The smallest absolute Gasteiger partial charge is 0.140 e. The van der Waals surface area contributed by atoms with Crippen LogP contribution in [0.4, 0.5) is 0 Å². The fourth-order valence-electron chi connectivity index (χ4n) is 6.26. The Bertz CT molecular complexity index is 1030. The molecule has 0 spiro atoms. The van der Waals surface area contributed by atoms with Crippen LogP contribution >= 0.6 is 22.7 Å². The third-order valence-corrected chi connectivity index (χ3v) is 15.9. The number of unbranched alkanes of at least 4 members (excludes halogenated alkanes) is 5.